The molecule has 0 amide bonds. The van der Waals surface area contributed by atoms with Gasteiger partial charge in [-0.25, -0.2) is 9.49 Å². The number of nitriles is 1. The summed E-state index contributed by atoms with van der Waals surface area (Å²) in [5.74, 6) is -0.522. The van der Waals surface area contributed by atoms with Gasteiger partial charge in [0.25, 0.3) is 5.56 Å². The number of aryl methyl sites for hydroxylation is 2. The van der Waals surface area contributed by atoms with E-state index in [1.807, 2.05) is 19.1 Å². The molecule has 4 aromatic rings. The lowest BCUT2D eigenvalue weighted by atomic mass is 9.99. The highest BCUT2D eigenvalue weighted by Gasteiger charge is 2.14. The number of fused-ring (bicyclic) bond motifs is 1. The van der Waals surface area contributed by atoms with Crippen molar-refractivity contribution >= 4 is 34.0 Å². The molecule has 0 atom stereocenters. The van der Waals surface area contributed by atoms with Gasteiger partial charge < -0.3 is 0 Å². The molecular formula is C22H15ClFN5O. The summed E-state index contributed by atoms with van der Waals surface area (Å²) in [4.78, 5) is 12.0. The molecule has 0 saturated heterocycles. The molecule has 0 fully saturated rings. The third-order valence-electron chi connectivity index (χ3n) is 4.85. The van der Waals surface area contributed by atoms with Crippen LogP contribution in [-0.4, -0.2) is 20.0 Å². The quantitative estimate of drug-likeness (QED) is 0.495. The van der Waals surface area contributed by atoms with Gasteiger partial charge in [-0.1, -0.05) is 17.7 Å². The summed E-state index contributed by atoms with van der Waals surface area (Å²) in [6.45, 7) is 1.81. The molecule has 2 aromatic carbocycles. The van der Waals surface area contributed by atoms with Crippen molar-refractivity contribution in [1.82, 2.24) is 20.0 Å². The molecule has 0 unspecified atom stereocenters. The van der Waals surface area contributed by atoms with Gasteiger partial charge in [0, 0.05) is 23.0 Å². The van der Waals surface area contributed by atoms with Crippen molar-refractivity contribution in [2.24, 2.45) is 7.05 Å². The highest BCUT2D eigenvalue weighted by Crippen LogP contribution is 2.30. The van der Waals surface area contributed by atoms with Gasteiger partial charge in [-0.05, 0) is 54.5 Å². The van der Waals surface area contributed by atoms with E-state index < -0.39 is 5.82 Å². The summed E-state index contributed by atoms with van der Waals surface area (Å²) in [5, 5.41) is 21.9. The van der Waals surface area contributed by atoms with E-state index >= 15 is 0 Å². The fourth-order valence-electron chi connectivity index (χ4n) is 3.33. The zero-order valence-corrected chi connectivity index (χ0v) is 16.8. The van der Waals surface area contributed by atoms with Gasteiger partial charge in [0.2, 0.25) is 0 Å². The van der Waals surface area contributed by atoms with Crippen molar-refractivity contribution in [1.29, 1.82) is 5.26 Å². The van der Waals surface area contributed by atoms with Crippen molar-refractivity contribution in [3.05, 3.63) is 80.7 Å². The van der Waals surface area contributed by atoms with Crippen LogP contribution < -0.4 is 5.56 Å². The molecule has 8 heteroatoms. The Kier molecular flexibility index (Phi) is 4.94. The van der Waals surface area contributed by atoms with Crippen LogP contribution in [0.4, 0.5) is 4.39 Å². The summed E-state index contributed by atoms with van der Waals surface area (Å²) in [7, 11) is 1.75. The second kappa shape index (κ2) is 7.58. The Bertz CT molecular complexity index is 1410. The highest BCUT2D eigenvalue weighted by atomic mass is 35.5. The van der Waals surface area contributed by atoms with Crippen molar-refractivity contribution < 1.29 is 4.39 Å². The van der Waals surface area contributed by atoms with Crippen LogP contribution in [0.1, 0.15) is 17.0 Å². The van der Waals surface area contributed by atoms with E-state index in [4.69, 9.17) is 11.6 Å². The normalized spacial score (nSPS) is 11.6. The van der Waals surface area contributed by atoms with Crippen LogP contribution >= 0.6 is 11.6 Å². The molecular weight excluding hydrogens is 405 g/mol. The topological polar surface area (TPSA) is 87.4 Å². The number of rotatable bonds is 3. The lowest BCUT2D eigenvalue weighted by molar-refractivity contribution is 0.627. The molecule has 1 N–H and O–H groups in total. The number of hydrogen-bond acceptors (Lipinski definition) is 4. The molecule has 2 heterocycles. The van der Waals surface area contributed by atoms with E-state index in [2.05, 4.69) is 21.4 Å². The standard InChI is InChI=1S/C22H15ClFN5O/c1-12-19-7-13(3-4-18(19)22(30)28-27-12)20-11-26-29(2)21(20)8-15(10-25)14-5-16(23)9-17(24)6-14/h3-9,11H,1-2H3,(H,28,30). The molecule has 148 valence electrons. The molecule has 0 aliphatic heterocycles. The first-order valence-electron chi connectivity index (χ1n) is 8.97. The van der Waals surface area contributed by atoms with Gasteiger partial charge in [-0.2, -0.15) is 15.5 Å². The minimum Gasteiger partial charge on any atom is -0.268 e. The minimum atomic E-state index is -0.522. The molecule has 4 rings (SSSR count). The van der Waals surface area contributed by atoms with Crippen molar-refractivity contribution in [3.8, 4) is 17.2 Å². The number of nitrogens with zero attached hydrogens (tertiary/aromatic N) is 4. The van der Waals surface area contributed by atoms with Gasteiger partial charge in [-0.3, -0.25) is 9.48 Å². The van der Waals surface area contributed by atoms with Crippen LogP contribution in [0.3, 0.4) is 0 Å². The summed E-state index contributed by atoms with van der Waals surface area (Å²) in [6.07, 6.45) is 3.32. The van der Waals surface area contributed by atoms with Crippen LogP contribution in [-0.2, 0) is 7.05 Å². The number of benzene rings is 2. The average molecular weight is 420 g/mol. The van der Waals surface area contributed by atoms with Gasteiger partial charge in [0.15, 0.2) is 0 Å². The number of halogens is 2. The number of allylic oxidation sites excluding steroid dienone is 1. The average Bonchev–Trinajstić information content (AvgIpc) is 3.08. The SMILES string of the molecule is Cc1n[nH]c(=O)c2ccc(-c3cnn(C)c3C=C(C#N)c3cc(F)cc(Cl)c3)cc12. The zero-order valence-electron chi connectivity index (χ0n) is 16.1. The molecule has 0 aliphatic carbocycles. The summed E-state index contributed by atoms with van der Waals surface area (Å²) in [5.41, 5.74) is 3.28. The number of H-pyrrole nitrogens is 1. The van der Waals surface area contributed by atoms with E-state index in [1.54, 1.807) is 30.1 Å². The second-order valence-electron chi connectivity index (χ2n) is 6.79. The first-order chi connectivity index (χ1) is 14.4. The van der Waals surface area contributed by atoms with E-state index in [0.29, 0.717) is 22.3 Å². The second-order valence-corrected chi connectivity index (χ2v) is 7.23. The highest BCUT2D eigenvalue weighted by molar-refractivity contribution is 6.30. The first kappa shape index (κ1) is 19.6. The van der Waals surface area contributed by atoms with Crippen LogP contribution in [0.25, 0.3) is 33.5 Å². The van der Waals surface area contributed by atoms with Crippen LogP contribution in [0.2, 0.25) is 5.02 Å². The fourth-order valence-corrected chi connectivity index (χ4v) is 3.55. The Morgan fingerprint density at radius 1 is 1.27 bits per heavy atom. The number of aromatic nitrogens is 4. The van der Waals surface area contributed by atoms with Gasteiger partial charge in [-0.15, -0.1) is 0 Å². The Labute approximate surface area is 175 Å². The summed E-state index contributed by atoms with van der Waals surface area (Å²) in [6, 6.07) is 11.5. The van der Waals surface area contributed by atoms with Gasteiger partial charge >= 0.3 is 0 Å². The van der Waals surface area contributed by atoms with E-state index in [1.165, 1.54) is 18.2 Å². The molecule has 30 heavy (non-hydrogen) atoms. The Balaban J connectivity index is 1.89. The Morgan fingerprint density at radius 3 is 2.80 bits per heavy atom. The van der Waals surface area contributed by atoms with E-state index in [9.17, 15) is 14.4 Å². The zero-order chi connectivity index (χ0) is 21.4. The molecule has 0 radical (unpaired) electrons. The van der Waals surface area contributed by atoms with Crippen molar-refractivity contribution in [3.63, 3.8) is 0 Å². The maximum absolute atomic E-state index is 13.8. The molecule has 0 aliphatic rings. The van der Waals surface area contributed by atoms with E-state index in [0.717, 1.165) is 16.5 Å². The van der Waals surface area contributed by atoms with Crippen LogP contribution in [0.15, 0.2) is 47.4 Å². The van der Waals surface area contributed by atoms with Crippen LogP contribution in [0, 0.1) is 24.1 Å². The van der Waals surface area contributed by atoms with Crippen molar-refractivity contribution in [2.45, 2.75) is 6.92 Å². The maximum atomic E-state index is 13.8. The third-order valence-corrected chi connectivity index (χ3v) is 5.07. The lowest BCUT2D eigenvalue weighted by Gasteiger charge is -2.07. The van der Waals surface area contributed by atoms with E-state index in [-0.39, 0.29) is 16.2 Å². The summed E-state index contributed by atoms with van der Waals surface area (Å²) >= 11 is 5.95. The van der Waals surface area contributed by atoms with Crippen molar-refractivity contribution in [2.75, 3.05) is 0 Å². The van der Waals surface area contributed by atoms with Gasteiger partial charge in [0.1, 0.15) is 5.82 Å². The van der Waals surface area contributed by atoms with Crippen LogP contribution in [0.5, 0.6) is 0 Å². The minimum absolute atomic E-state index is 0.208. The monoisotopic (exact) mass is 419 g/mol. The number of aromatic amines is 1. The summed E-state index contributed by atoms with van der Waals surface area (Å²) < 4.78 is 15.4. The predicted octanol–water partition coefficient (Wildman–Crippen LogP) is 4.49. The molecule has 0 spiro atoms. The largest absolute Gasteiger partial charge is 0.272 e. The Hall–Kier alpha value is -3.76. The number of nitrogens with one attached hydrogen (secondary N) is 1. The number of hydrogen-bond donors (Lipinski definition) is 1. The molecule has 6 nitrogen and oxygen atoms in total. The molecule has 0 saturated carbocycles. The molecule has 0 bridgehead atoms. The maximum Gasteiger partial charge on any atom is 0.272 e. The molecule has 2 aromatic heterocycles. The Morgan fingerprint density at radius 2 is 2.07 bits per heavy atom. The lowest BCUT2D eigenvalue weighted by Crippen LogP contribution is -2.09. The van der Waals surface area contributed by atoms with Gasteiger partial charge in [0.05, 0.1) is 34.6 Å². The smallest absolute Gasteiger partial charge is 0.268 e. The first-order valence-corrected chi connectivity index (χ1v) is 9.35. The fraction of sp³-hybridized carbons (Fsp3) is 0.0909. The third kappa shape index (κ3) is 3.49. The predicted molar refractivity (Wildman–Crippen MR) is 114 cm³/mol.